The molecule has 184 valence electrons. The Morgan fingerprint density at radius 2 is 1.69 bits per heavy atom. The van der Waals surface area contributed by atoms with E-state index in [4.69, 9.17) is 9.15 Å². The van der Waals surface area contributed by atoms with Crippen molar-refractivity contribution in [3.05, 3.63) is 83.1 Å². The van der Waals surface area contributed by atoms with Gasteiger partial charge in [-0.05, 0) is 67.3 Å². The fraction of sp³-hybridized carbons (Fsp3) is 0.214. The van der Waals surface area contributed by atoms with Gasteiger partial charge in [0.05, 0.1) is 17.9 Å². The first-order valence-corrected chi connectivity index (χ1v) is 11.7. The molecule has 4 amide bonds. The molecule has 1 aromatic heterocycles. The molecule has 1 aliphatic heterocycles. The summed E-state index contributed by atoms with van der Waals surface area (Å²) in [6.07, 6.45) is 2.27. The zero-order valence-corrected chi connectivity index (χ0v) is 20.2. The molecule has 1 aliphatic rings. The first kappa shape index (κ1) is 24.7. The van der Waals surface area contributed by atoms with Crippen LogP contribution in [0.5, 0.6) is 0 Å². The molecule has 8 heteroatoms. The first-order valence-electron chi connectivity index (χ1n) is 11.7. The number of anilines is 1. The Kier molecular flexibility index (Phi) is 7.15. The molecular weight excluding hydrogens is 460 g/mol. The number of imide groups is 2. The lowest BCUT2D eigenvalue weighted by atomic mass is 9.98. The van der Waals surface area contributed by atoms with Crippen molar-refractivity contribution in [3.8, 4) is 11.3 Å². The van der Waals surface area contributed by atoms with Gasteiger partial charge in [-0.15, -0.1) is 0 Å². The highest BCUT2D eigenvalue weighted by Crippen LogP contribution is 2.27. The van der Waals surface area contributed by atoms with Gasteiger partial charge in [-0.2, -0.15) is 0 Å². The summed E-state index contributed by atoms with van der Waals surface area (Å²) in [7, 11) is 0. The zero-order valence-electron chi connectivity index (χ0n) is 20.2. The second-order valence-corrected chi connectivity index (χ2v) is 8.36. The molecule has 4 rings (SSSR count). The fourth-order valence-electron chi connectivity index (χ4n) is 3.79. The molecule has 0 spiro atoms. The lowest BCUT2D eigenvalue weighted by Crippen LogP contribution is -2.54. The van der Waals surface area contributed by atoms with Gasteiger partial charge in [0.1, 0.15) is 17.1 Å². The summed E-state index contributed by atoms with van der Waals surface area (Å²) in [5, 5.41) is 2.22. The van der Waals surface area contributed by atoms with Gasteiger partial charge < -0.3 is 9.15 Å². The Bertz CT molecular complexity index is 1340. The quantitative estimate of drug-likeness (QED) is 0.276. The van der Waals surface area contributed by atoms with Gasteiger partial charge in [0.25, 0.3) is 11.8 Å². The number of carbonyl (C=O) groups is 4. The van der Waals surface area contributed by atoms with Crippen LogP contribution < -0.4 is 10.2 Å². The van der Waals surface area contributed by atoms with E-state index in [9.17, 15) is 19.2 Å². The third-order valence-electron chi connectivity index (χ3n) is 6.03. The number of amides is 4. The maximum Gasteiger partial charge on any atom is 0.338 e. The number of esters is 1. The van der Waals surface area contributed by atoms with Crippen molar-refractivity contribution in [1.82, 2.24) is 5.32 Å². The maximum absolute atomic E-state index is 13.1. The van der Waals surface area contributed by atoms with E-state index in [2.05, 4.69) is 19.2 Å². The Morgan fingerprint density at radius 1 is 1.00 bits per heavy atom. The number of urea groups is 1. The molecule has 2 heterocycles. The summed E-state index contributed by atoms with van der Waals surface area (Å²) in [6.45, 7) is 6.21. The molecule has 1 N–H and O–H groups in total. The van der Waals surface area contributed by atoms with Crippen LogP contribution in [0.3, 0.4) is 0 Å². The van der Waals surface area contributed by atoms with Crippen molar-refractivity contribution in [3.63, 3.8) is 0 Å². The molecule has 0 radical (unpaired) electrons. The van der Waals surface area contributed by atoms with Gasteiger partial charge in [0.15, 0.2) is 0 Å². The molecule has 3 aromatic rings. The number of furan rings is 1. The molecule has 1 atom stereocenters. The van der Waals surface area contributed by atoms with E-state index in [1.54, 1.807) is 55.5 Å². The van der Waals surface area contributed by atoms with Gasteiger partial charge in [0.2, 0.25) is 0 Å². The standard InChI is InChI=1S/C28H26N2O6/c1-4-17(3)18-10-12-21(13-11-18)30-26(32)23(25(31)29-28(30)34)16-22-14-15-24(36-22)19-6-8-20(9-7-19)27(33)35-5-2/h6-17H,4-5H2,1-3H3,(H,29,31,34). The SMILES string of the molecule is CCOC(=O)c1ccc(-c2ccc(C=C3C(=O)NC(=O)N(c4ccc(C(C)CC)cc4)C3=O)o2)cc1. The Morgan fingerprint density at radius 3 is 2.33 bits per heavy atom. The van der Waals surface area contributed by atoms with Gasteiger partial charge in [-0.3, -0.25) is 14.9 Å². The van der Waals surface area contributed by atoms with E-state index in [1.807, 2.05) is 12.1 Å². The molecule has 0 saturated carbocycles. The maximum atomic E-state index is 13.1. The van der Waals surface area contributed by atoms with Crippen molar-refractivity contribution in [2.24, 2.45) is 0 Å². The zero-order chi connectivity index (χ0) is 25.8. The van der Waals surface area contributed by atoms with Crippen molar-refractivity contribution < 1.29 is 28.3 Å². The van der Waals surface area contributed by atoms with Crippen molar-refractivity contribution in [2.75, 3.05) is 11.5 Å². The largest absolute Gasteiger partial charge is 0.462 e. The van der Waals surface area contributed by atoms with E-state index < -0.39 is 23.8 Å². The van der Waals surface area contributed by atoms with Gasteiger partial charge in [-0.1, -0.05) is 38.1 Å². The molecule has 8 nitrogen and oxygen atoms in total. The Hall–Kier alpha value is -4.46. The second-order valence-electron chi connectivity index (χ2n) is 8.36. The molecular formula is C28H26N2O6. The number of hydrogen-bond donors (Lipinski definition) is 1. The van der Waals surface area contributed by atoms with Crippen LogP contribution in [0, 0.1) is 0 Å². The number of benzene rings is 2. The number of carbonyl (C=O) groups excluding carboxylic acids is 4. The number of nitrogens with one attached hydrogen (secondary N) is 1. The van der Waals surface area contributed by atoms with Gasteiger partial charge in [-0.25, -0.2) is 14.5 Å². The van der Waals surface area contributed by atoms with Crippen LogP contribution in [-0.2, 0) is 14.3 Å². The smallest absolute Gasteiger partial charge is 0.338 e. The summed E-state index contributed by atoms with van der Waals surface area (Å²) >= 11 is 0. The van der Waals surface area contributed by atoms with E-state index in [0.717, 1.165) is 16.9 Å². The monoisotopic (exact) mass is 486 g/mol. The van der Waals surface area contributed by atoms with E-state index in [1.165, 1.54) is 6.08 Å². The van der Waals surface area contributed by atoms with Crippen LogP contribution in [-0.4, -0.2) is 30.4 Å². The molecule has 1 fully saturated rings. The molecule has 36 heavy (non-hydrogen) atoms. The average molecular weight is 487 g/mol. The topological polar surface area (TPSA) is 106 Å². The summed E-state index contributed by atoms with van der Waals surface area (Å²) in [5.41, 5.74) is 2.35. The van der Waals surface area contributed by atoms with Crippen LogP contribution >= 0.6 is 0 Å². The number of nitrogens with zero attached hydrogens (tertiary/aromatic N) is 1. The molecule has 1 unspecified atom stereocenters. The van der Waals surface area contributed by atoms with Gasteiger partial charge in [0, 0.05) is 5.56 Å². The number of rotatable bonds is 7. The molecule has 0 bridgehead atoms. The minimum absolute atomic E-state index is 0.223. The summed E-state index contributed by atoms with van der Waals surface area (Å²) in [6, 6.07) is 16.3. The lowest BCUT2D eigenvalue weighted by molar-refractivity contribution is -0.122. The number of ether oxygens (including phenoxy) is 1. The molecule has 2 aromatic carbocycles. The van der Waals surface area contributed by atoms with Crippen molar-refractivity contribution in [2.45, 2.75) is 33.1 Å². The van der Waals surface area contributed by atoms with Gasteiger partial charge >= 0.3 is 12.0 Å². The highest BCUT2D eigenvalue weighted by molar-refractivity contribution is 6.39. The first-order chi connectivity index (χ1) is 17.3. The average Bonchev–Trinajstić information content (AvgIpc) is 3.35. The normalized spacial score (nSPS) is 15.7. The van der Waals surface area contributed by atoms with Crippen LogP contribution in [0.25, 0.3) is 17.4 Å². The summed E-state index contributed by atoms with van der Waals surface area (Å²) in [5.74, 6) is -0.860. The third kappa shape index (κ3) is 4.98. The molecule has 1 saturated heterocycles. The number of hydrogen-bond acceptors (Lipinski definition) is 6. The Balaban J connectivity index is 1.57. The highest BCUT2D eigenvalue weighted by Gasteiger charge is 2.37. The predicted molar refractivity (Wildman–Crippen MR) is 134 cm³/mol. The van der Waals surface area contributed by atoms with E-state index >= 15 is 0 Å². The summed E-state index contributed by atoms with van der Waals surface area (Å²) in [4.78, 5) is 50.9. The van der Waals surface area contributed by atoms with E-state index in [-0.39, 0.29) is 17.9 Å². The minimum Gasteiger partial charge on any atom is -0.462 e. The third-order valence-corrected chi connectivity index (χ3v) is 6.03. The molecule has 0 aliphatic carbocycles. The van der Waals surface area contributed by atoms with E-state index in [0.29, 0.717) is 28.5 Å². The van der Waals surface area contributed by atoms with Crippen LogP contribution in [0.15, 0.2) is 70.7 Å². The van der Waals surface area contributed by atoms with Crippen molar-refractivity contribution >= 4 is 35.6 Å². The fourth-order valence-corrected chi connectivity index (χ4v) is 3.79. The lowest BCUT2D eigenvalue weighted by Gasteiger charge is -2.26. The van der Waals surface area contributed by atoms with Crippen molar-refractivity contribution in [1.29, 1.82) is 0 Å². The summed E-state index contributed by atoms with van der Waals surface area (Å²) < 4.78 is 10.8. The van der Waals surface area contributed by atoms with Crippen LogP contribution in [0.4, 0.5) is 10.5 Å². The van der Waals surface area contributed by atoms with Crippen LogP contribution in [0.2, 0.25) is 0 Å². The Labute approximate surface area is 208 Å². The predicted octanol–water partition coefficient (Wildman–Crippen LogP) is 5.30. The second kappa shape index (κ2) is 10.4. The number of barbiturate groups is 1. The minimum atomic E-state index is -0.805. The van der Waals surface area contributed by atoms with Crippen LogP contribution in [0.1, 0.15) is 54.8 Å². The highest BCUT2D eigenvalue weighted by atomic mass is 16.5.